The van der Waals surface area contributed by atoms with Crippen LogP contribution in [0.4, 0.5) is 8.78 Å². The van der Waals surface area contributed by atoms with E-state index in [1.54, 1.807) is 0 Å². The highest BCUT2D eigenvalue weighted by molar-refractivity contribution is 5.96. The molecular formula is C13H8F2N4O2. The third-order valence-corrected chi connectivity index (χ3v) is 2.91. The maximum Gasteiger partial charge on any atom is 0.350 e. The Kier molecular flexibility index (Phi) is 3.05. The van der Waals surface area contributed by atoms with Crippen LogP contribution in [0.1, 0.15) is 10.4 Å². The average molecular weight is 290 g/mol. The van der Waals surface area contributed by atoms with Crippen molar-refractivity contribution < 1.29 is 13.6 Å². The van der Waals surface area contributed by atoms with E-state index in [9.17, 15) is 18.4 Å². The summed E-state index contributed by atoms with van der Waals surface area (Å²) in [6.07, 6.45) is 4.17. The molecule has 2 aromatic heterocycles. The van der Waals surface area contributed by atoms with E-state index in [1.165, 1.54) is 23.0 Å². The minimum absolute atomic E-state index is 0.273. The smallest absolute Gasteiger partial charge is 0.292 e. The van der Waals surface area contributed by atoms with Gasteiger partial charge in [-0.3, -0.25) is 9.78 Å². The predicted molar refractivity (Wildman–Crippen MR) is 67.9 cm³/mol. The standard InChI is InChI=1S/C13H8F2N4O2/c14-8-1-2-9(10(15)5-8)11(20)7-19-13(21)18-4-3-16-6-12(18)17-19/h1-6H,7H2. The number of hydrogen-bond acceptors (Lipinski definition) is 4. The molecule has 2 heterocycles. The van der Waals surface area contributed by atoms with Gasteiger partial charge in [0, 0.05) is 18.5 Å². The Morgan fingerprint density at radius 1 is 1.29 bits per heavy atom. The molecule has 0 radical (unpaired) electrons. The Balaban J connectivity index is 1.96. The van der Waals surface area contributed by atoms with Crippen molar-refractivity contribution in [1.82, 2.24) is 19.2 Å². The van der Waals surface area contributed by atoms with E-state index >= 15 is 0 Å². The Labute approximate surface area is 116 Å². The molecule has 0 atom stereocenters. The highest BCUT2D eigenvalue weighted by Gasteiger charge is 2.16. The molecule has 8 heteroatoms. The molecule has 106 valence electrons. The van der Waals surface area contributed by atoms with Crippen LogP contribution in [-0.2, 0) is 6.54 Å². The van der Waals surface area contributed by atoms with Gasteiger partial charge in [0.1, 0.15) is 18.2 Å². The average Bonchev–Trinajstić information content (AvgIpc) is 2.76. The molecule has 0 spiro atoms. The van der Waals surface area contributed by atoms with Crippen molar-refractivity contribution in [1.29, 1.82) is 0 Å². The first kappa shape index (κ1) is 13.1. The Morgan fingerprint density at radius 3 is 2.81 bits per heavy atom. The molecule has 3 aromatic rings. The van der Waals surface area contributed by atoms with Gasteiger partial charge in [0.2, 0.25) is 0 Å². The summed E-state index contributed by atoms with van der Waals surface area (Å²) in [7, 11) is 0. The van der Waals surface area contributed by atoms with E-state index in [0.29, 0.717) is 6.07 Å². The highest BCUT2D eigenvalue weighted by Crippen LogP contribution is 2.10. The van der Waals surface area contributed by atoms with Crippen LogP contribution in [0.2, 0.25) is 0 Å². The van der Waals surface area contributed by atoms with Crippen LogP contribution in [0.15, 0.2) is 41.6 Å². The molecule has 3 rings (SSSR count). The van der Waals surface area contributed by atoms with Crippen LogP contribution < -0.4 is 5.69 Å². The van der Waals surface area contributed by atoms with Crippen molar-refractivity contribution in [3.05, 3.63) is 64.5 Å². The molecule has 0 fully saturated rings. The molecule has 1 aromatic carbocycles. The molecule has 0 saturated heterocycles. The number of halogens is 2. The summed E-state index contributed by atoms with van der Waals surface area (Å²) < 4.78 is 28.5. The summed E-state index contributed by atoms with van der Waals surface area (Å²) in [5.41, 5.74) is -0.559. The second-order valence-electron chi connectivity index (χ2n) is 4.29. The van der Waals surface area contributed by atoms with Crippen LogP contribution in [0, 0.1) is 11.6 Å². The summed E-state index contributed by atoms with van der Waals surface area (Å²) in [6, 6.07) is 2.63. The van der Waals surface area contributed by atoms with Crippen LogP contribution in [0.5, 0.6) is 0 Å². The lowest BCUT2D eigenvalue weighted by atomic mass is 10.1. The van der Waals surface area contributed by atoms with Crippen molar-refractivity contribution in [2.75, 3.05) is 0 Å². The number of benzene rings is 1. The highest BCUT2D eigenvalue weighted by atomic mass is 19.1. The molecule has 0 N–H and O–H groups in total. The second-order valence-corrected chi connectivity index (χ2v) is 4.29. The number of carbonyl (C=O) groups excluding carboxylic acids is 1. The maximum atomic E-state index is 13.5. The number of rotatable bonds is 3. The van der Waals surface area contributed by atoms with Gasteiger partial charge in [0.25, 0.3) is 0 Å². The second kappa shape index (κ2) is 4.89. The first-order valence-corrected chi connectivity index (χ1v) is 5.94. The third kappa shape index (κ3) is 2.31. The third-order valence-electron chi connectivity index (χ3n) is 2.91. The topological polar surface area (TPSA) is 69.3 Å². The summed E-state index contributed by atoms with van der Waals surface area (Å²) in [4.78, 5) is 27.8. The number of ketones is 1. The molecule has 0 amide bonds. The van der Waals surface area contributed by atoms with Crippen molar-refractivity contribution in [3.63, 3.8) is 0 Å². The van der Waals surface area contributed by atoms with Gasteiger partial charge in [0.05, 0.1) is 11.8 Å². The molecule has 0 aliphatic carbocycles. The molecule has 6 nitrogen and oxygen atoms in total. The van der Waals surface area contributed by atoms with E-state index in [-0.39, 0.29) is 11.2 Å². The van der Waals surface area contributed by atoms with Gasteiger partial charge >= 0.3 is 5.69 Å². The van der Waals surface area contributed by atoms with Gasteiger partial charge in [-0.2, -0.15) is 0 Å². The fourth-order valence-corrected chi connectivity index (χ4v) is 1.92. The van der Waals surface area contributed by atoms with Gasteiger partial charge in [-0.15, -0.1) is 5.10 Å². The summed E-state index contributed by atoms with van der Waals surface area (Å²) in [5, 5.41) is 3.91. The largest absolute Gasteiger partial charge is 0.350 e. The number of fused-ring (bicyclic) bond motifs is 1. The summed E-state index contributed by atoms with van der Waals surface area (Å²) in [6.45, 7) is -0.441. The zero-order valence-electron chi connectivity index (χ0n) is 10.5. The minimum Gasteiger partial charge on any atom is -0.292 e. The normalized spacial score (nSPS) is 11.0. The van der Waals surface area contributed by atoms with Gasteiger partial charge in [-0.1, -0.05) is 0 Å². The summed E-state index contributed by atoms with van der Waals surface area (Å²) >= 11 is 0. The quantitative estimate of drug-likeness (QED) is 0.676. The van der Waals surface area contributed by atoms with E-state index in [0.717, 1.165) is 16.8 Å². The Morgan fingerprint density at radius 2 is 2.10 bits per heavy atom. The van der Waals surface area contributed by atoms with Crippen LogP contribution in [-0.4, -0.2) is 24.9 Å². The number of hydrogen-bond donors (Lipinski definition) is 0. The van der Waals surface area contributed by atoms with Gasteiger partial charge in [-0.05, 0) is 12.1 Å². The lowest BCUT2D eigenvalue weighted by Gasteiger charge is -2.02. The molecular weight excluding hydrogens is 282 g/mol. The van der Waals surface area contributed by atoms with Crippen molar-refractivity contribution in [3.8, 4) is 0 Å². The lowest BCUT2D eigenvalue weighted by molar-refractivity contribution is 0.0962. The molecule has 0 saturated carbocycles. The Hall–Kier alpha value is -2.90. The van der Waals surface area contributed by atoms with E-state index in [2.05, 4.69) is 10.1 Å². The van der Waals surface area contributed by atoms with Gasteiger partial charge < -0.3 is 0 Å². The van der Waals surface area contributed by atoms with E-state index in [4.69, 9.17) is 0 Å². The minimum atomic E-state index is -0.974. The van der Waals surface area contributed by atoms with Gasteiger partial charge in [0.15, 0.2) is 11.4 Å². The van der Waals surface area contributed by atoms with Crippen LogP contribution >= 0.6 is 0 Å². The first-order valence-electron chi connectivity index (χ1n) is 5.94. The molecule has 0 aliphatic rings. The van der Waals surface area contributed by atoms with Crippen LogP contribution in [0.25, 0.3) is 5.65 Å². The van der Waals surface area contributed by atoms with Crippen molar-refractivity contribution in [2.45, 2.75) is 6.54 Å². The van der Waals surface area contributed by atoms with E-state index in [1.807, 2.05) is 0 Å². The van der Waals surface area contributed by atoms with Gasteiger partial charge in [-0.25, -0.2) is 22.7 Å². The number of aromatic nitrogens is 4. The summed E-state index contributed by atoms with van der Waals surface area (Å²) in [5.74, 6) is -2.43. The SMILES string of the molecule is O=C(Cn1nc2cnccn2c1=O)c1ccc(F)cc1F. The van der Waals surface area contributed by atoms with E-state index < -0.39 is 29.7 Å². The molecule has 0 aliphatic heterocycles. The fraction of sp³-hybridized carbons (Fsp3) is 0.0769. The fourth-order valence-electron chi connectivity index (χ4n) is 1.92. The van der Waals surface area contributed by atoms with Crippen molar-refractivity contribution >= 4 is 11.4 Å². The van der Waals surface area contributed by atoms with Crippen LogP contribution in [0.3, 0.4) is 0 Å². The number of Topliss-reactive ketones (excluding diaryl/α,β-unsaturated/α-hetero) is 1. The number of carbonyl (C=O) groups is 1. The predicted octanol–water partition coefficient (Wildman–Crippen LogP) is 1.05. The van der Waals surface area contributed by atoms with Crippen molar-refractivity contribution in [2.24, 2.45) is 0 Å². The first-order chi connectivity index (χ1) is 10.1. The Bertz CT molecular complexity index is 901. The maximum absolute atomic E-state index is 13.5. The zero-order valence-corrected chi connectivity index (χ0v) is 10.5. The number of nitrogens with zero attached hydrogens (tertiary/aromatic N) is 4. The molecule has 0 bridgehead atoms. The molecule has 0 unspecified atom stereocenters. The molecule has 21 heavy (non-hydrogen) atoms. The lowest BCUT2D eigenvalue weighted by Crippen LogP contribution is -2.25. The zero-order chi connectivity index (χ0) is 15.0. The monoisotopic (exact) mass is 290 g/mol.